The van der Waals surface area contributed by atoms with Crippen molar-refractivity contribution in [2.45, 2.75) is 32.5 Å². The van der Waals surface area contributed by atoms with Gasteiger partial charge in [0.15, 0.2) is 16.2 Å². The van der Waals surface area contributed by atoms with E-state index < -0.39 is 18.3 Å². The smallest absolute Gasteiger partial charge is 0.387 e. The molecule has 0 saturated heterocycles. The molecule has 22 heavy (non-hydrogen) atoms. The van der Waals surface area contributed by atoms with Crippen LogP contribution in [0, 0.1) is 0 Å². The topological polar surface area (TPSA) is 102 Å². The van der Waals surface area contributed by atoms with E-state index in [2.05, 4.69) is 35.9 Å². The molecule has 2 heterocycles. The first kappa shape index (κ1) is 16.5. The number of aromatic amines is 1. The molecule has 0 fully saturated rings. The molecule has 0 bridgehead atoms. The van der Waals surface area contributed by atoms with E-state index in [1.54, 1.807) is 0 Å². The number of nitrogens with zero attached hydrogens (tertiary/aromatic N) is 4. The number of H-pyrrole nitrogens is 1. The summed E-state index contributed by atoms with van der Waals surface area (Å²) < 4.78 is 38.0. The zero-order valence-corrected chi connectivity index (χ0v) is 13.0. The molecule has 2 aromatic heterocycles. The number of alkyl halides is 3. The number of imidazole rings is 1. The van der Waals surface area contributed by atoms with Gasteiger partial charge in [0, 0.05) is 13.0 Å². The van der Waals surface area contributed by atoms with Crippen molar-refractivity contribution in [1.82, 2.24) is 19.5 Å². The van der Waals surface area contributed by atoms with Crippen molar-refractivity contribution >= 4 is 38.7 Å². The molecule has 0 aliphatic carbocycles. The van der Waals surface area contributed by atoms with Crippen LogP contribution in [0.4, 0.5) is 19.0 Å². The quantitative estimate of drug-likeness (QED) is 0.482. The first-order chi connectivity index (χ1) is 10.2. The molecule has 0 aliphatic heterocycles. The summed E-state index contributed by atoms with van der Waals surface area (Å²) in [4.78, 5) is 26.5. The standard InChI is InChI=1S/C11H12BrF3N6O/c1-5(16)17-7-6-8(20-9(12)18-6)21(10(22)19-7)4-2-3-11(13,14)15/h2-4H2,1H3,(H,18,20)(H2,16,17,19,22). The molecule has 0 unspecified atom stereocenters. The number of amidine groups is 1. The lowest BCUT2D eigenvalue weighted by molar-refractivity contribution is -0.135. The van der Waals surface area contributed by atoms with E-state index in [4.69, 9.17) is 5.73 Å². The number of nitrogens with one attached hydrogen (secondary N) is 1. The second-order valence-corrected chi connectivity index (χ2v) is 5.32. The molecule has 3 N–H and O–H groups in total. The van der Waals surface area contributed by atoms with Crippen LogP contribution in [0.1, 0.15) is 19.8 Å². The van der Waals surface area contributed by atoms with Crippen LogP contribution in [-0.2, 0) is 6.54 Å². The van der Waals surface area contributed by atoms with E-state index in [-0.39, 0.29) is 30.3 Å². The number of fused-ring (bicyclic) bond motifs is 1. The number of aryl methyl sites for hydroxylation is 1. The third-order valence-corrected chi connectivity index (χ3v) is 3.07. The molecular weight excluding hydrogens is 369 g/mol. The second kappa shape index (κ2) is 6.07. The highest BCUT2D eigenvalue weighted by Gasteiger charge is 2.26. The van der Waals surface area contributed by atoms with Crippen molar-refractivity contribution in [1.29, 1.82) is 0 Å². The Bertz CT molecular complexity index is 774. The molecule has 2 rings (SSSR count). The summed E-state index contributed by atoms with van der Waals surface area (Å²) in [6.07, 6.45) is -5.51. The minimum Gasteiger partial charge on any atom is -0.387 e. The Balaban J connectivity index is 2.45. The van der Waals surface area contributed by atoms with Gasteiger partial charge >= 0.3 is 11.9 Å². The Labute approximate surface area is 130 Å². The molecular formula is C11H12BrF3N6O. The Morgan fingerprint density at radius 2 is 2.14 bits per heavy atom. The predicted octanol–water partition coefficient (Wildman–Crippen LogP) is 2.23. The maximum Gasteiger partial charge on any atom is 0.389 e. The van der Waals surface area contributed by atoms with E-state index in [0.717, 1.165) is 4.57 Å². The average molecular weight is 381 g/mol. The third kappa shape index (κ3) is 3.84. The van der Waals surface area contributed by atoms with Crippen LogP contribution in [0.3, 0.4) is 0 Å². The molecule has 0 spiro atoms. The molecule has 7 nitrogen and oxygen atoms in total. The summed E-state index contributed by atoms with van der Waals surface area (Å²) in [6, 6.07) is 0. The van der Waals surface area contributed by atoms with Gasteiger partial charge in [-0.2, -0.15) is 18.2 Å². The number of rotatable bonds is 4. The van der Waals surface area contributed by atoms with Crippen LogP contribution >= 0.6 is 15.9 Å². The zero-order valence-electron chi connectivity index (χ0n) is 11.4. The Hall–Kier alpha value is -1.91. The largest absolute Gasteiger partial charge is 0.389 e. The van der Waals surface area contributed by atoms with Gasteiger partial charge in [0.1, 0.15) is 5.52 Å². The number of hydrogen-bond donors (Lipinski definition) is 2. The minimum absolute atomic E-state index is 0.0465. The first-order valence-electron chi connectivity index (χ1n) is 6.21. The lowest BCUT2D eigenvalue weighted by Crippen LogP contribution is -2.24. The lowest BCUT2D eigenvalue weighted by atomic mass is 10.3. The van der Waals surface area contributed by atoms with Gasteiger partial charge in [0.05, 0.1) is 5.84 Å². The molecule has 0 aromatic carbocycles. The van der Waals surface area contributed by atoms with E-state index in [1.165, 1.54) is 6.92 Å². The summed E-state index contributed by atoms with van der Waals surface area (Å²) in [5.74, 6) is 0.235. The molecule has 0 amide bonds. The van der Waals surface area contributed by atoms with E-state index in [9.17, 15) is 18.0 Å². The number of aliphatic imine (C=N–C) groups is 1. The van der Waals surface area contributed by atoms with Crippen LogP contribution in [0.25, 0.3) is 11.2 Å². The summed E-state index contributed by atoms with van der Waals surface area (Å²) in [5, 5.41) is 0. The minimum atomic E-state index is -4.27. The van der Waals surface area contributed by atoms with Crippen LogP contribution < -0.4 is 11.4 Å². The maximum absolute atomic E-state index is 12.2. The van der Waals surface area contributed by atoms with Gasteiger partial charge in [-0.05, 0) is 29.3 Å². The fraction of sp³-hybridized carbons (Fsp3) is 0.455. The highest BCUT2D eigenvalue weighted by molar-refractivity contribution is 9.10. The third-order valence-electron chi connectivity index (χ3n) is 2.69. The monoisotopic (exact) mass is 380 g/mol. The number of halogens is 4. The van der Waals surface area contributed by atoms with Crippen molar-refractivity contribution in [2.75, 3.05) is 0 Å². The van der Waals surface area contributed by atoms with Crippen molar-refractivity contribution in [3.05, 3.63) is 15.2 Å². The van der Waals surface area contributed by atoms with Crippen LogP contribution in [0.5, 0.6) is 0 Å². The van der Waals surface area contributed by atoms with Crippen molar-refractivity contribution in [3.63, 3.8) is 0 Å². The van der Waals surface area contributed by atoms with Crippen molar-refractivity contribution < 1.29 is 13.2 Å². The fourth-order valence-corrected chi connectivity index (χ4v) is 2.24. The number of aromatic nitrogens is 4. The van der Waals surface area contributed by atoms with E-state index in [1.807, 2.05) is 0 Å². The molecule has 120 valence electrons. The molecule has 11 heteroatoms. The SMILES string of the molecule is CC(N)=Nc1nc(=O)n(CCCC(F)(F)F)c2nc(Br)[nH]c12. The number of hydrogen-bond acceptors (Lipinski definition) is 4. The van der Waals surface area contributed by atoms with Gasteiger partial charge in [0.25, 0.3) is 0 Å². The second-order valence-electron chi connectivity index (χ2n) is 4.57. The predicted molar refractivity (Wildman–Crippen MR) is 78.1 cm³/mol. The summed E-state index contributed by atoms with van der Waals surface area (Å²) in [7, 11) is 0. The summed E-state index contributed by atoms with van der Waals surface area (Å²) in [5.41, 5.74) is 5.24. The normalized spacial score (nSPS) is 13.0. The van der Waals surface area contributed by atoms with Gasteiger partial charge in [-0.15, -0.1) is 0 Å². The maximum atomic E-state index is 12.2. The van der Waals surface area contributed by atoms with Gasteiger partial charge in [0.2, 0.25) is 0 Å². The van der Waals surface area contributed by atoms with E-state index in [0.29, 0.717) is 10.3 Å². The number of nitrogens with two attached hydrogens (primary N) is 1. The Morgan fingerprint density at radius 3 is 2.73 bits per heavy atom. The van der Waals surface area contributed by atoms with E-state index >= 15 is 0 Å². The highest BCUT2D eigenvalue weighted by atomic mass is 79.9. The molecule has 0 atom stereocenters. The molecule has 0 aliphatic rings. The fourth-order valence-electron chi connectivity index (χ4n) is 1.87. The Morgan fingerprint density at radius 1 is 1.45 bits per heavy atom. The molecule has 2 aromatic rings. The van der Waals surface area contributed by atoms with Gasteiger partial charge in [-0.25, -0.2) is 14.8 Å². The molecule has 0 saturated carbocycles. The molecule has 0 radical (unpaired) electrons. The zero-order chi connectivity index (χ0) is 16.5. The first-order valence-corrected chi connectivity index (χ1v) is 7.00. The van der Waals surface area contributed by atoms with Crippen molar-refractivity contribution in [2.24, 2.45) is 10.7 Å². The average Bonchev–Trinajstić information content (AvgIpc) is 2.73. The summed E-state index contributed by atoms with van der Waals surface area (Å²) >= 11 is 3.11. The van der Waals surface area contributed by atoms with Gasteiger partial charge in [-0.1, -0.05) is 0 Å². The van der Waals surface area contributed by atoms with Crippen LogP contribution in [0.15, 0.2) is 14.5 Å². The van der Waals surface area contributed by atoms with Crippen LogP contribution in [-0.4, -0.2) is 31.5 Å². The van der Waals surface area contributed by atoms with Gasteiger partial charge < -0.3 is 10.7 Å². The van der Waals surface area contributed by atoms with Crippen LogP contribution in [0.2, 0.25) is 0 Å². The summed E-state index contributed by atoms with van der Waals surface area (Å²) in [6.45, 7) is 1.37. The van der Waals surface area contributed by atoms with Gasteiger partial charge in [-0.3, -0.25) is 4.57 Å². The highest BCUT2D eigenvalue weighted by Crippen LogP contribution is 2.24. The lowest BCUT2D eigenvalue weighted by Gasteiger charge is -2.08. The van der Waals surface area contributed by atoms with Crippen molar-refractivity contribution in [3.8, 4) is 0 Å². The Kier molecular flexibility index (Phi) is 4.54.